The van der Waals surface area contributed by atoms with Gasteiger partial charge in [0.25, 0.3) is 11.8 Å². The summed E-state index contributed by atoms with van der Waals surface area (Å²) in [6.45, 7) is -0.261. The predicted octanol–water partition coefficient (Wildman–Crippen LogP) is 1.54. The van der Waals surface area contributed by atoms with Gasteiger partial charge in [-0.15, -0.1) is 0 Å². The van der Waals surface area contributed by atoms with Crippen LogP contribution in [-0.2, 0) is 4.79 Å². The second-order valence-corrected chi connectivity index (χ2v) is 4.67. The molecule has 126 valence electrons. The Labute approximate surface area is 139 Å². The van der Waals surface area contributed by atoms with Gasteiger partial charge in [-0.25, -0.2) is 0 Å². The molecule has 24 heavy (non-hydrogen) atoms. The van der Waals surface area contributed by atoms with E-state index < -0.39 is 11.8 Å². The van der Waals surface area contributed by atoms with Crippen LogP contribution in [0.5, 0.6) is 17.2 Å². The van der Waals surface area contributed by atoms with Crippen LogP contribution in [0.15, 0.2) is 48.5 Å². The molecular weight excluding hydrogens is 312 g/mol. The maximum absolute atomic E-state index is 11.9. The van der Waals surface area contributed by atoms with E-state index in [2.05, 4.69) is 10.9 Å². The molecule has 0 aromatic heterocycles. The molecule has 2 amide bonds. The van der Waals surface area contributed by atoms with Crippen molar-refractivity contribution in [3.05, 3.63) is 54.1 Å². The van der Waals surface area contributed by atoms with Gasteiger partial charge in [-0.1, -0.05) is 12.1 Å². The number of hydrogen-bond donors (Lipinski definition) is 2. The van der Waals surface area contributed by atoms with Crippen LogP contribution in [0.25, 0.3) is 0 Å². The van der Waals surface area contributed by atoms with E-state index in [1.807, 2.05) is 0 Å². The second kappa shape index (κ2) is 8.42. The monoisotopic (exact) mass is 330 g/mol. The van der Waals surface area contributed by atoms with Crippen LogP contribution in [0.4, 0.5) is 0 Å². The molecule has 0 aliphatic heterocycles. The van der Waals surface area contributed by atoms with E-state index in [0.717, 1.165) is 0 Å². The van der Waals surface area contributed by atoms with Crippen LogP contribution in [-0.4, -0.2) is 32.6 Å². The molecule has 7 nitrogen and oxygen atoms in total. The fourth-order valence-electron chi connectivity index (χ4n) is 1.86. The average Bonchev–Trinajstić information content (AvgIpc) is 2.64. The minimum atomic E-state index is -0.497. The van der Waals surface area contributed by atoms with E-state index in [9.17, 15) is 9.59 Å². The van der Waals surface area contributed by atoms with Crippen molar-refractivity contribution in [1.29, 1.82) is 0 Å². The van der Waals surface area contributed by atoms with Gasteiger partial charge in [-0.05, 0) is 36.4 Å². The molecule has 0 aliphatic carbocycles. The van der Waals surface area contributed by atoms with Crippen molar-refractivity contribution in [2.75, 3.05) is 20.8 Å². The van der Waals surface area contributed by atoms with Gasteiger partial charge in [0.2, 0.25) is 0 Å². The maximum atomic E-state index is 11.9. The van der Waals surface area contributed by atoms with Gasteiger partial charge in [0, 0.05) is 5.56 Å². The first-order chi connectivity index (χ1) is 11.6. The topological polar surface area (TPSA) is 85.9 Å². The first-order valence-corrected chi connectivity index (χ1v) is 7.13. The Bertz CT molecular complexity index is 700. The molecule has 2 rings (SSSR count). The van der Waals surface area contributed by atoms with Crippen molar-refractivity contribution in [2.45, 2.75) is 0 Å². The highest BCUT2D eigenvalue weighted by molar-refractivity contribution is 5.95. The summed E-state index contributed by atoms with van der Waals surface area (Å²) < 4.78 is 15.5. The summed E-state index contributed by atoms with van der Waals surface area (Å²) in [6.07, 6.45) is 0. The predicted molar refractivity (Wildman–Crippen MR) is 87.1 cm³/mol. The molecule has 0 atom stereocenters. The fraction of sp³-hybridized carbons (Fsp3) is 0.176. The number of hydrazine groups is 1. The van der Waals surface area contributed by atoms with Crippen molar-refractivity contribution >= 4 is 11.8 Å². The van der Waals surface area contributed by atoms with Crippen molar-refractivity contribution in [2.24, 2.45) is 0 Å². The summed E-state index contributed by atoms with van der Waals surface area (Å²) in [7, 11) is 3.05. The lowest BCUT2D eigenvalue weighted by atomic mass is 10.2. The number of carbonyl (C=O) groups is 2. The highest BCUT2D eigenvalue weighted by Crippen LogP contribution is 2.25. The fourth-order valence-corrected chi connectivity index (χ4v) is 1.86. The average molecular weight is 330 g/mol. The largest absolute Gasteiger partial charge is 0.497 e. The van der Waals surface area contributed by atoms with Gasteiger partial charge >= 0.3 is 0 Å². The number of ether oxygens (including phenoxy) is 3. The zero-order chi connectivity index (χ0) is 17.4. The third-order valence-electron chi connectivity index (χ3n) is 3.10. The molecule has 0 saturated heterocycles. The molecule has 0 radical (unpaired) electrons. The van der Waals surface area contributed by atoms with Gasteiger partial charge in [-0.2, -0.15) is 0 Å². The summed E-state index contributed by atoms with van der Waals surface area (Å²) >= 11 is 0. The van der Waals surface area contributed by atoms with Crippen molar-refractivity contribution in [1.82, 2.24) is 10.9 Å². The molecule has 2 aromatic rings. The molecule has 0 heterocycles. The Kier molecular flexibility index (Phi) is 6.01. The Morgan fingerprint density at radius 3 is 2.17 bits per heavy atom. The number of para-hydroxylation sites is 2. The van der Waals surface area contributed by atoms with Gasteiger partial charge < -0.3 is 14.2 Å². The molecular formula is C17H18N2O5. The lowest BCUT2D eigenvalue weighted by Gasteiger charge is -2.11. The number of amides is 2. The Balaban J connectivity index is 1.81. The lowest BCUT2D eigenvalue weighted by molar-refractivity contribution is -0.123. The van der Waals surface area contributed by atoms with Crippen LogP contribution in [0, 0.1) is 0 Å². The third-order valence-corrected chi connectivity index (χ3v) is 3.10. The van der Waals surface area contributed by atoms with E-state index in [1.165, 1.54) is 14.2 Å². The molecule has 2 aromatic carbocycles. The van der Waals surface area contributed by atoms with Crippen molar-refractivity contribution < 1.29 is 23.8 Å². The standard InChI is InChI=1S/C17H18N2O5/c1-22-13-9-7-12(8-10-13)17(21)19-18-16(20)11-24-15-6-4-3-5-14(15)23-2/h3-10H,11H2,1-2H3,(H,18,20)(H,19,21). The van der Waals surface area contributed by atoms with Gasteiger partial charge in [-0.3, -0.25) is 20.4 Å². The zero-order valence-electron chi connectivity index (χ0n) is 13.4. The number of hydrogen-bond acceptors (Lipinski definition) is 5. The zero-order valence-corrected chi connectivity index (χ0v) is 13.4. The summed E-state index contributed by atoms with van der Waals surface area (Å²) in [5.41, 5.74) is 4.98. The van der Waals surface area contributed by atoms with Crippen LogP contribution in [0.2, 0.25) is 0 Å². The molecule has 2 N–H and O–H groups in total. The molecule has 0 saturated carbocycles. The summed E-state index contributed by atoms with van der Waals surface area (Å²) in [4.78, 5) is 23.6. The molecule has 0 bridgehead atoms. The second-order valence-electron chi connectivity index (χ2n) is 4.67. The minimum absolute atomic E-state index is 0.261. The van der Waals surface area contributed by atoms with Crippen LogP contribution in [0.3, 0.4) is 0 Å². The van der Waals surface area contributed by atoms with E-state index in [4.69, 9.17) is 14.2 Å². The number of rotatable bonds is 6. The van der Waals surface area contributed by atoms with Crippen LogP contribution in [0.1, 0.15) is 10.4 Å². The minimum Gasteiger partial charge on any atom is -0.497 e. The van der Waals surface area contributed by atoms with Gasteiger partial charge in [0.1, 0.15) is 5.75 Å². The van der Waals surface area contributed by atoms with Crippen molar-refractivity contribution in [3.63, 3.8) is 0 Å². The molecule has 0 spiro atoms. The normalized spacial score (nSPS) is 9.75. The SMILES string of the molecule is COc1ccc(C(=O)NNC(=O)COc2ccccc2OC)cc1. The number of methoxy groups -OCH3 is 2. The Morgan fingerprint density at radius 1 is 0.875 bits per heavy atom. The summed E-state index contributed by atoms with van der Waals surface area (Å²) in [6, 6.07) is 13.4. The number of carbonyl (C=O) groups excluding carboxylic acids is 2. The van der Waals surface area contributed by atoms with Gasteiger partial charge in [0.15, 0.2) is 18.1 Å². The van der Waals surface area contributed by atoms with Crippen LogP contribution < -0.4 is 25.1 Å². The van der Waals surface area contributed by atoms with Crippen molar-refractivity contribution in [3.8, 4) is 17.2 Å². The van der Waals surface area contributed by atoms with E-state index in [-0.39, 0.29) is 6.61 Å². The highest BCUT2D eigenvalue weighted by Gasteiger charge is 2.09. The smallest absolute Gasteiger partial charge is 0.276 e. The van der Waals surface area contributed by atoms with E-state index >= 15 is 0 Å². The third kappa shape index (κ3) is 4.64. The maximum Gasteiger partial charge on any atom is 0.276 e. The number of nitrogens with one attached hydrogen (secondary N) is 2. The first-order valence-electron chi connectivity index (χ1n) is 7.13. The van der Waals surface area contributed by atoms with E-state index in [0.29, 0.717) is 22.8 Å². The highest BCUT2D eigenvalue weighted by atomic mass is 16.5. The Morgan fingerprint density at radius 2 is 1.54 bits per heavy atom. The molecule has 0 aliphatic rings. The Hall–Kier alpha value is -3.22. The summed E-state index contributed by atoms with van der Waals surface area (Å²) in [5, 5.41) is 0. The van der Waals surface area contributed by atoms with Crippen LogP contribution >= 0.6 is 0 Å². The summed E-state index contributed by atoms with van der Waals surface area (Å²) in [5.74, 6) is 0.663. The van der Waals surface area contributed by atoms with E-state index in [1.54, 1.807) is 48.5 Å². The molecule has 7 heteroatoms. The van der Waals surface area contributed by atoms with Gasteiger partial charge in [0.05, 0.1) is 14.2 Å². The molecule has 0 unspecified atom stereocenters. The quantitative estimate of drug-likeness (QED) is 0.785. The lowest BCUT2D eigenvalue weighted by Crippen LogP contribution is -2.43. The first kappa shape index (κ1) is 17.1. The molecule has 0 fully saturated rings. The number of benzene rings is 2.